The lowest BCUT2D eigenvalue weighted by atomic mass is 10.2. The van der Waals surface area contributed by atoms with Crippen LogP contribution in [0, 0.1) is 0 Å². The van der Waals surface area contributed by atoms with E-state index in [-0.39, 0.29) is 27.2 Å². The number of rotatable bonds is 11. The number of aromatic nitrogens is 2. The van der Waals surface area contributed by atoms with E-state index >= 15 is 0 Å². The SMILES string of the molecule is COc1ccc(OC)c(N(CC(=O)Nc2nnc(-c3ccccc3)s2)S(=O)(=O)c2ccc(OC)c(OC)c2)c1. The Morgan fingerprint density at radius 1 is 0.846 bits per heavy atom. The van der Waals surface area contributed by atoms with Crippen molar-refractivity contribution in [1.29, 1.82) is 0 Å². The first-order valence-corrected chi connectivity index (χ1v) is 13.7. The minimum absolute atomic E-state index is 0.101. The summed E-state index contributed by atoms with van der Waals surface area (Å²) in [5.41, 5.74) is 0.943. The number of nitrogens with one attached hydrogen (secondary N) is 1. The highest BCUT2D eigenvalue weighted by Crippen LogP contribution is 2.37. The van der Waals surface area contributed by atoms with Gasteiger partial charge in [-0.1, -0.05) is 41.7 Å². The van der Waals surface area contributed by atoms with Crippen molar-refractivity contribution < 1.29 is 32.2 Å². The van der Waals surface area contributed by atoms with Crippen LogP contribution in [-0.2, 0) is 14.8 Å². The van der Waals surface area contributed by atoms with Gasteiger partial charge in [-0.05, 0) is 24.3 Å². The Morgan fingerprint density at radius 2 is 1.54 bits per heavy atom. The van der Waals surface area contributed by atoms with E-state index in [9.17, 15) is 13.2 Å². The average molecular weight is 571 g/mol. The standard InChI is InChI=1S/C26H26N4O7S2/c1-34-18-10-12-21(35-2)20(14-18)30(39(32,33)19-11-13-22(36-3)23(15-19)37-4)16-24(31)27-26-29-28-25(38-26)17-8-6-5-7-9-17/h5-15H,16H2,1-4H3,(H,27,29,31). The van der Waals surface area contributed by atoms with Crippen LogP contribution in [0.5, 0.6) is 23.0 Å². The van der Waals surface area contributed by atoms with E-state index in [4.69, 9.17) is 18.9 Å². The van der Waals surface area contributed by atoms with E-state index in [0.29, 0.717) is 16.5 Å². The highest BCUT2D eigenvalue weighted by atomic mass is 32.2. The predicted octanol–water partition coefficient (Wildman–Crippen LogP) is 4.07. The van der Waals surface area contributed by atoms with Gasteiger partial charge in [-0.2, -0.15) is 0 Å². The molecular weight excluding hydrogens is 544 g/mol. The van der Waals surface area contributed by atoms with Gasteiger partial charge < -0.3 is 18.9 Å². The molecule has 1 amide bonds. The third-order valence-electron chi connectivity index (χ3n) is 5.58. The Labute approximate surface area is 230 Å². The zero-order chi connectivity index (χ0) is 28.0. The molecule has 11 nitrogen and oxygen atoms in total. The van der Waals surface area contributed by atoms with Crippen LogP contribution in [0.4, 0.5) is 10.8 Å². The third-order valence-corrected chi connectivity index (χ3v) is 8.22. The van der Waals surface area contributed by atoms with E-state index in [2.05, 4.69) is 15.5 Å². The molecule has 0 aliphatic rings. The van der Waals surface area contributed by atoms with Crippen molar-refractivity contribution in [2.24, 2.45) is 0 Å². The summed E-state index contributed by atoms with van der Waals surface area (Å²) in [5, 5.41) is 11.6. The second-order valence-electron chi connectivity index (χ2n) is 7.89. The number of amides is 1. The van der Waals surface area contributed by atoms with Crippen molar-refractivity contribution in [3.8, 4) is 33.6 Å². The molecule has 4 rings (SSSR count). The number of nitrogens with zero attached hydrogens (tertiary/aromatic N) is 3. The van der Waals surface area contributed by atoms with Gasteiger partial charge in [0.1, 0.15) is 23.1 Å². The number of carbonyl (C=O) groups is 1. The van der Waals surface area contributed by atoms with E-state index < -0.39 is 22.5 Å². The summed E-state index contributed by atoms with van der Waals surface area (Å²) in [4.78, 5) is 13.1. The summed E-state index contributed by atoms with van der Waals surface area (Å²) >= 11 is 1.17. The average Bonchev–Trinajstić information content (AvgIpc) is 3.43. The number of sulfonamides is 1. The van der Waals surface area contributed by atoms with Crippen LogP contribution in [0.1, 0.15) is 0 Å². The van der Waals surface area contributed by atoms with Gasteiger partial charge in [0.05, 0.1) is 39.0 Å². The van der Waals surface area contributed by atoms with Gasteiger partial charge in [-0.3, -0.25) is 14.4 Å². The Kier molecular flexibility index (Phi) is 8.52. The molecule has 13 heteroatoms. The zero-order valence-electron chi connectivity index (χ0n) is 21.6. The Bertz CT molecular complexity index is 1560. The van der Waals surface area contributed by atoms with Crippen molar-refractivity contribution >= 4 is 38.1 Å². The molecule has 1 heterocycles. The maximum Gasteiger partial charge on any atom is 0.265 e. The third kappa shape index (κ3) is 6.04. The van der Waals surface area contributed by atoms with Gasteiger partial charge in [-0.25, -0.2) is 8.42 Å². The molecule has 0 atom stereocenters. The molecule has 4 aromatic rings. The van der Waals surface area contributed by atoms with E-state index in [1.807, 2.05) is 30.3 Å². The van der Waals surface area contributed by atoms with Gasteiger partial charge in [0, 0.05) is 17.7 Å². The monoisotopic (exact) mass is 570 g/mol. The second kappa shape index (κ2) is 12.0. The zero-order valence-corrected chi connectivity index (χ0v) is 23.2. The summed E-state index contributed by atoms with van der Waals surface area (Å²) in [7, 11) is 1.37. The summed E-state index contributed by atoms with van der Waals surface area (Å²) in [6, 6.07) is 18.2. The van der Waals surface area contributed by atoms with Crippen molar-refractivity contribution in [3.05, 3.63) is 66.7 Å². The van der Waals surface area contributed by atoms with Crippen LogP contribution in [0.2, 0.25) is 0 Å². The summed E-state index contributed by atoms with van der Waals surface area (Å²) in [6.45, 7) is -0.597. The number of carbonyl (C=O) groups excluding carboxylic acids is 1. The van der Waals surface area contributed by atoms with Crippen molar-refractivity contribution in [2.75, 3.05) is 44.6 Å². The number of hydrogen-bond donors (Lipinski definition) is 1. The number of hydrogen-bond acceptors (Lipinski definition) is 10. The topological polar surface area (TPSA) is 129 Å². The number of benzene rings is 3. The Hall–Kier alpha value is -4.36. The van der Waals surface area contributed by atoms with E-state index in [0.717, 1.165) is 9.87 Å². The molecule has 0 saturated carbocycles. The first-order chi connectivity index (χ1) is 18.8. The number of methoxy groups -OCH3 is 4. The van der Waals surface area contributed by atoms with E-state index in [1.165, 1.54) is 64.0 Å². The summed E-state index contributed by atoms with van der Waals surface area (Å²) in [6.07, 6.45) is 0. The summed E-state index contributed by atoms with van der Waals surface area (Å²) < 4.78 is 50.1. The van der Waals surface area contributed by atoms with Crippen LogP contribution < -0.4 is 28.6 Å². The molecule has 0 radical (unpaired) electrons. The molecular formula is C26H26N4O7S2. The molecule has 1 N–H and O–H groups in total. The first kappa shape index (κ1) is 27.7. The van der Waals surface area contributed by atoms with Crippen molar-refractivity contribution in [1.82, 2.24) is 10.2 Å². The molecule has 39 heavy (non-hydrogen) atoms. The molecule has 0 bridgehead atoms. The molecule has 0 fully saturated rings. The normalized spacial score (nSPS) is 11.0. The lowest BCUT2D eigenvalue weighted by molar-refractivity contribution is -0.114. The quantitative estimate of drug-likeness (QED) is 0.284. The molecule has 0 spiro atoms. The molecule has 3 aromatic carbocycles. The molecule has 0 unspecified atom stereocenters. The number of ether oxygens (including phenoxy) is 4. The van der Waals surface area contributed by atoms with Gasteiger partial charge >= 0.3 is 0 Å². The molecule has 204 valence electrons. The number of anilines is 2. The fourth-order valence-corrected chi connectivity index (χ4v) is 5.86. The molecule has 0 aliphatic carbocycles. The van der Waals surface area contributed by atoms with E-state index in [1.54, 1.807) is 12.1 Å². The van der Waals surface area contributed by atoms with Crippen LogP contribution >= 0.6 is 11.3 Å². The van der Waals surface area contributed by atoms with Gasteiger partial charge in [0.2, 0.25) is 11.0 Å². The molecule has 1 aromatic heterocycles. The predicted molar refractivity (Wildman–Crippen MR) is 148 cm³/mol. The van der Waals surface area contributed by atoms with Crippen molar-refractivity contribution in [3.63, 3.8) is 0 Å². The minimum Gasteiger partial charge on any atom is -0.497 e. The van der Waals surface area contributed by atoms with Gasteiger partial charge in [-0.15, -0.1) is 10.2 Å². The minimum atomic E-state index is -4.33. The highest BCUT2D eigenvalue weighted by molar-refractivity contribution is 7.92. The van der Waals surface area contributed by atoms with Crippen LogP contribution in [0.15, 0.2) is 71.6 Å². The van der Waals surface area contributed by atoms with Crippen LogP contribution in [-0.4, -0.2) is 59.5 Å². The molecule has 0 aliphatic heterocycles. The van der Waals surface area contributed by atoms with Crippen LogP contribution in [0.25, 0.3) is 10.6 Å². The van der Waals surface area contributed by atoms with Crippen LogP contribution in [0.3, 0.4) is 0 Å². The maximum atomic E-state index is 14.0. The maximum absolute atomic E-state index is 14.0. The fourth-order valence-electron chi connectivity index (χ4n) is 3.66. The Morgan fingerprint density at radius 3 is 2.21 bits per heavy atom. The second-order valence-corrected chi connectivity index (χ2v) is 10.7. The largest absolute Gasteiger partial charge is 0.497 e. The van der Waals surface area contributed by atoms with Crippen molar-refractivity contribution in [2.45, 2.75) is 4.90 Å². The lowest BCUT2D eigenvalue weighted by Gasteiger charge is -2.26. The van der Waals surface area contributed by atoms with Gasteiger partial charge in [0.15, 0.2) is 11.5 Å². The summed E-state index contributed by atoms with van der Waals surface area (Å²) in [5.74, 6) is 0.512. The smallest absolute Gasteiger partial charge is 0.265 e. The highest BCUT2D eigenvalue weighted by Gasteiger charge is 2.31. The molecule has 0 saturated heterocycles. The van der Waals surface area contributed by atoms with Gasteiger partial charge in [0.25, 0.3) is 10.0 Å². The first-order valence-electron chi connectivity index (χ1n) is 11.5. The Balaban J connectivity index is 1.71. The fraction of sp³-hybridized carbons (Fsp3) is 0.192. The lowest BCUT2D eigenvalue weighted by Crippen LogP contribution is -2.38.